The number of hydrogen-bond acceptors (Lipinski definition) is 3. The number of benzene rings is 4. The quantitative estimate of drug-likeness (QED) is 0.330. The van der Waals surface area contributed by atoms with Crippen molar-refractivity contribution in [2.75, 3.05) is 0 Å². The predicted octanol–water partition coefficient (Wildman–Crippen LogP) is 6.63. The van der Waals surface area contributed by atoms with Crippen LogP contribution in [-0.4, -0.2) is 14.5 Å². The average molecular weight is 438 g/mol. The van der Waals surface area contributed by atoms with Gasteiger partial charge in [0, 0.05) is 27.1 Å². The van der Waals surface area contributed by atoms with Crippen LogP contribution in [0.25, 0.3) is 60.5 Å². The fourth-order valence-corrected chi connectivity index (χ4v) is 5.08. The van der Waals surface area contributed by atoms with Crippen LogP contribution in [0.1, 0.15) is 0 Å². The van der Waals surface area contributed by atoms with Crippen molar-refractivity contribution in [3.63, 3.8) is 0 Å². The van der Waals surface area contributed by atoms with Gasteiger partial charge in [-0.15, -0.1) is 0 Å². The van der Waals surface area contributed by atoms with Gasteiger partial charge in [-0.3, -0.25) is 9.20 Å². The summed E-state index contributed by atoms with van der Waals surface area (Å²) in [5.74, 6) is -0.000791. The van der Waals surface area contributed by atoms with Crippen LogP contribution in [0.3, 0.4) is 0 Å². The van der Waals surface area contributed by atoms with Crippen molar-refractivity contribution in [3.05, 3.63) is 113 Å². The van der Waals surface area contributed by atoms with Gasteiger partial charge >= 0.3 is 0 Å². The van der Waals surface area contributed by atoms with E-state index in [0.717, 1.165) is 44.0 Å². The lowest BCUT2D eigenvalue weighted by Crippen LogP contribution is -2.15. The highest BCUT2D eigenvalue weighted by atomic mass is 16.3. The lowest BCUT2D eigenvalue weighted by molar-refractivity contribution is 0.482. The molecule has 0 fully saturated rings. The Labute approximate surface area is 194 Å². The van der Waals surface area contributed by atoms with Gasteiger partial charge in [0.1, 0.15) is 5.75 Å². The summed E-state index contributed by atoms with van der Waals surface area (Å²) in [5, 5.41) is 15.0. The summed E-state index contributed by atoms with van der Waals surface area (Å²) in [4.78, 5) is 18.6. The molecule has 0 aliphatic heterocycles. The zero-order chi connectivity index (χ0) is 22.8. The Morgan fingerprint density at radius 2 is 1.41 bits per heavy atom. The molecule has 1 N–H and O–H groups in total. The van der Waals surface area contributed by atoms with Gasteiger partial charge in [-0.25, -0.2) is 4.98 Å². The van der Waals surface area contributed by atoms with E-state index in [1.165, 1.54) is 0 Å². The second-order valence-corrected chi connectivity index (χ2v) is 8.56. The molecule has 3 aromatic heterocycles. The van der Waals surface area contributed by atoms with E-state index in [4.69, 9.17) is 4.98 Å². The second kappa shape index (κ2) is 6.90. The Morgan fingerprint density at radius 1 is 0.676 bits per heavy atom. The van der Waals surface area contributed by atoms with Gasteiger partial charge in [-0.1, -0.05) is 72.8 Å². The molecular weight excluding hydrogens is 420 g/mol. The number of nitrogens with zero attached hydrogens (tertiary/aromatic N) is 2. The third-order valence-corrected chi connectivity index (χ3v) is 6.63. The number of pyridine rings is 2. The fourth-order valence-electron chi connectivity index (χ4n) is 5.08. The minimum absolute atomic E-state index is 0.000791. The zero-order valence-corrected chi connectivity index (χ0v) is 18.1. The summed E-state index contributed by atoms with van der Waals surface area (Å²) in [5.41, 5.74) is 4.95. The summed E-state index contributed by atoms with van der Waals surface area (Å²) in [6.45, 7) is 0. The Bertz CT molecular complexity index is 1940. The van der Waals surface area contributed by atoms with Crippen molar-refractivity contribution in [2.45, 2.75) is 0 Å². The number of rotatable bonds is 2. The van der Waals surface area contributed by atoms with Gasteiger partial charge in [0.15, 0.2) is 0 Å². The molecule has 0 saturated heterocycles. The molecule has 7 rings (SSSR count). The van der Waals surface area contributed by atoms with Crippen LogP contribution in [0.4, 0.5) is 0 Å². The molecule has 0 unspecified atom stereocenters. The highest BCUT2D eigenvalue weighted by Crippen LogP contribution is 2.41. The van der Waals surface area contributed by atoms with Gasteiger partial charge in [-0.05, 0) is 35.9 Å². The molecule has 160 valence electrons. The van der Waals surface area contributed by atoms with Crippen LogP contribution in [-0.2, 0) is 0 Å². The molecule has 0 spiro atoms. The smallest absolute Gasteiger partial charge is 0.267 e. The molecule has 4 heteroatoms. The first-order valence-corrected chi connectivity index (χ1v) is 11.2. The number of aromatic nitrogens is 2. The third-order valence-electron chi connectivity index (χ3n) is 6.63. The van der Waals surface area contributed by atoms with Crippen molar-refractivity contribution < 1.29 is 5.11 Å². The molecular formula is C30H18N2O2. The maximum Gasteiger partial charge on any atom is 0.267 e. The van der Waals surface area contributed by atoms with E-state index in [9.17, 15) is 9.90 Å². The molecule has 0 amide bonds. The number of hydrogen-bond donors (Lipinski definition) is 1. The van der Waals surface area contributed by atoms with E-state index in [1.54, 1.807) is 4.40 Å². The Balaban J connectivity index is 1.65. The van der Waals surface area contributed by atoms with E-state index in [1.807, 2.05) is 91.0 Å². The summed E-state index contributed by atoms with van der Waals surface area (Å²) >= 11 is 0. The molecule has 4 nitrogen and oxygen atoms in total. The second-order valence-electron chi connectivity index (χ2n) is 8.56. The number of aromatic hydroxyl groups is 1. The molecule has 0 bridgehead atoms. The van der Waals surface area contributed by atoms with Gasteiger partial charge in [-0.2, -0.15) is 0 Å². The highest BCUT2D eigenvalue weighted by Gasteiger charge is 2.22. The highest BCUT2D eigenvalue weighted by molar-refractivity contribution is 6.17. The fraction of sp³-hybridized carbons (Fsp3) is 0. The van der Waals surface area contributed by atoms with Gasteiger partial charge < -0.3 is 5.11 Å². The first-order valence-electron chi connectivity index (χ1n) is 11.2. The molecule has 0 aliphatic rings. The van der Waals surface area contributed by atoms with E-state index in [-0.39, 0.29) is 11.3 Å². The first kappa shape index (κ1) is 18.8. The van der Waals surface area contributed by atoms with Crippen molar-refractivity contribution in [1.82, 2.24) is 9.38 Å². The normalized spacial score (nSPS) is 11.8. The standard InChI is InChI=1S/C30H18N2O2/c33-29-23-17-20(25-15-14-18-8-4-6-12-24(18)31-25)16-22-21-11-5-7-13-26(21)32(28(22)23)30(34)27(29)19-9-2-1-3-10-19/h1-17,33H. The van der Waals surface area contributed by atoms with E-state index >= 15 is 0 Å². The molecule has 0 atom stereocenters. The molecule has 7 aromatic rings. The lowest BCUT2D eigenvalue weighted by Gasteiger charge is -2.12. The van der Waals surface area contributed by atoms with Crippen molar-refractivity contribution in [2.24, 2.45) is 0 Å². The van der Waals surface area contributed by atoms with Gasteiger partial charge in [0.25, 0.3) is 5.56 Å². The maximum absolute atomic E-state index is 13.7. The van der Waals surface area contributed by atoms with Crippen LogP contribution in [0.2, 0.25) is 0 Å². The van der Waals surface area contributed by atoms with Crippen LogP contribution >= 0.6 is 0 Å². The zero-order valence-electron chi connectivity index (χ0n) is 18.1. The molecule has 0 saturated carbocycles. The molecule has 0 aliphatic carbocycles. The third kappa shape index (κ3) is 2.54. The Morgan fingerprint density at radius 3 is 2.29 bits per heavy atom. The summed E-state index contributed by atoms with van der Waals surface area (Å²) in [6.07, 6.45) is 0. The predicted molar refractivity (Wildman–Crippen MR) is 138 cm³/mol. The van der Waals surface area contributed by atoms with Crippen molar-refractivity contribution in [3.8, 4) is 28.1 Å². The van der Waals surface area contributed by atoms with Crippen LogP contribution < -0.4 is 5.56 Å². The topological polar surface area (TPSA) is 54.6 Å². The van der Waals surface area contributed by atoms with E-state index < -0.39 is 0 Å². The first-order chi connectivity index (χ1) is 16.7. The molecule has 4 aromatic carbocycles. The Kier molecular flexibility index (Phi) is 3.82. The van der Waals surface area contributed by atoms with Gasteiger partial charge in [0.05, 0.1) is 27.8 Å². The average Bonchev–Trinajstić information content (AvgIpc) is 3.22. The number of fused-ring (bicyclic) bond motifs is 4. The molecule has 3 heterocycles. The minimum Gasteiger partial charge on any atom is -0.506 e. The minimum atomic E-state index is -0.223. The van der Waals surface area contributed by atoms with Gasteiger partial charge in [0.2, 0.25) is 0 Å². The summed E-state index contributed by atoms with van der Waals surface area (Å²) in [7, 11) is 0. The SMILES string of the molecule is O=c1c(-c2ccccc2)c(O)c2cc(-c3ccc4ccccc4n3)cc3c4ccccc4n1c23. The Hall–Kier alpha value is -4.70. The monoisotopic (exact) mass is 438 g/mol. The lowest BCUT2D eigenvalue weighted by atomic mass is 9.99. The summed E-state index contributed by atoms with van der Waals surface area (Å²) < 4.78 is 1.74. The molecule has 34 heavy (non-hydrogen) atoms. The van der Waals surface area contributed by atoms with E-state index in [2.05, 4.69) is 12.1 Å². The largest absolute Gasteiger partial charge is 0.506 e. The van der Waals surface area contributed by atoms with E-state index in [0.29, 0.717) is 16.5 Å². The summed E-state index contributed by atoms with van der Waals surface area (Å²) in [6, 6.07) is 33.3. The van der Waals surface area contributed by atoms with Crippen molar-refractivity contribution in [1.29, 1.82) is 0 Å². The maximum atomic E-state index is 13.7. The van der Waals surface area contributed by atoms with Crippen LogP contribution in [0.15, 0.2) is 108 Å². The van der Waals surface area contributed by atoms with Crippen molar-refractivity contribution >= 4 is 38.1 Å². The molecule has 0 radical (unpaired) electrons. The van der Waals surface area contributed by atoms with Crippen LogP contribution in [0.5, 0.6) is 5.75 Å². The number of para-hydroxylation sites is 2. The van der Waals surface area contributed by atoms with Crippen LogP contribution in [0, 0.1) is 0 Å².